The van der Waals surface area contributed by atoms with Crippen molar-refractivity contribution in [1.29, 1.82) is 0 Å². The Labute approximate surface area is 183 Å². The van der Waals surface area contributed by atoms with Gasteiger partial charge in [-0.1, -0.05) is 13.8 Å². The molecule has 5 heterocycles. The zero-order valence-corrected chi connectivity index (χ0v) is 19.6. The quantitative estimate of drug-likeness (QED) is 0.555. The molecule has 138 valence electrons. The minimum atomic E-state index is 0. The van der Waals surface area contributed by atoms with Gasteiger partial charge in [0.05, 0.1) is 45.6 Å². The molecular weight excluding hydrogens is 410 g/mol. The summed E-state index contributed by atoms with van der Waals surface area (Å²) in [5.41, 5.74) is 8.60. The third-order valence-corrected chi connectivity index (χ3v) is 5.21. The number of aliphatic imine (C=N–C) groups is 4. The summed E-state index contributed by atoms with van der Waals surface area (Å²) in [5, 5.41) is 0. The van der Waals surface area contributed by atoms with Crippen molar-refractivity contribution in [2.75, 3.05) is 0 Å². The molecule has 1 atom stereocenters. The Morgan fingerprint density at radius 2 is 1.10 bits per heavy atom. The van der Waals surface area contributed by atoms with Crippen molar-refractivity contribution in [1.82, 2.24) is 0 Å². The molecule has 1 unspecified atom stereocenters. The van der Waals surface area contributed by atoms with Crippen molar-refractivity contribution >= 4 is 22.8 Å². The van der Waals surface area contributed by atoms with Crippen LogP contribution in [0.15, 0.2) is 115 Å². The summed E-state index contributed by atoms with van der Waals surface area (Å²) in [7, 11) is 0. The van der Waals surface area contributed by atoms with E-state index in [2.05, 4.69) is 36.0 Å². The SMILES string of the molecule is CCC(C)C1=CC2=NC1=CC1=NC(=CC3=NC(=CC4=NC(=C2)C=C4)C=C3)C=C1.[Zn]. The Morgan fingerprint density at radius 3 is 1.62 bits per heavy atom. The molecule has 0 aromatic heterocycles. The first-order valence-corrected chi connectivity index (χ1v) is 9.64. The molecular formula is C24H20N4Zn. The van der Waals surface area contributed by atoms with Crippen LogP contribution >= 0.6 is 0 Å². The van der Waals surface area contributed by atoms with Gasteiger partial charge in [0.2, 0.25) is 0 Å². The predicted octanol–water partition coefficient (Wildman–Crippen LogP) is 4.99. The van der Waals surface area contributed by atoms with Gasteiger partial charge in [0.25, 0.3) is 0 Å². The molecule has 5 aliphatic rings. The van der Waals surface area contributed by atoms with E-state index in [9.17, 15) is 0 Å². The van der Waals surface area contributed by atoms with E-state index in [4.69, 9.17) is 9.98 Å². The van der Waals surface area contributed by atoms with E-state index >= 15 is 0 Å². The van der Waals surface area contributed by atoms with Gasteiger partial charge in [-0.05, 0) is 84.7 Å². The number of nitrogens with zero attached hydrogens (tertiary/aromatic N) is 4. The Balaban J connectivity index is 0.00000205. The van der Waals surface area contributed by atoms with Crippen LogP contribution in [0.5, 0.6) is 0 Å². The average molecular weight is 430 g/mol. The van der Waals surface area contributed by atoms with Crippen LogP contribution < -0.4 is 0 Å². The first-order valence-electron chi connectivity index (χ1n) is 9.64. The minimum Gasteiger partial charge on any atom is -0.249 e. The van der Waals surface area contributed by atoms with Crippen LogP contribution in [0, 0.1) is 5.92 Å². The van der Waals surface area contributed by atoms with Gasteiger partial charge in [-0.2, -0.15) is 0 Å². The van der Waals surface area contributed by atoms with Crippen molar-refractivity contribution in [3.05, 3.63) is 95.2 Å². The van der Waals surface area contributed by atoms with Crippen LogP contribution in [0.25, 0.3) is 0 Å². The minimum absolute atomic E-state index is 0. The smallest absolute Gasteiger partial charge is 0.0693 e. The Bertz CT molecular complexity index is 1140. The Kier molecular flexibility index (Phi) is 5.34. The number of allylic oxidation sites excluding steroid dienone is 12. The van der Waals surface area contributed by atoms with E-state index < -0.39 is 0 Å². The molecule has 5 heteroatoms. The molecule has 0 aromatic carbocycles. The molecule has 0 amide bonds. The second-order valence-electron chi connectivity index (χ2n) is 7.29. The standard InChI is InChI=1S/C24H20N4.Zn/c1-3-15(2)23-13-22-12-20-7-6-18(26-20)10-16-4-5-17(25-16)11-19-8-9-21(27-19)14-24(23)28-22;/h4-15H,3H2,1-2H3;. The maximum absolute atomic E-state index is 4.86. The number of hydrogen-bond acceptors (Lipinski definition) is 4. The predicted molar refractivity (Wildman–Crippen MR) is 117 cm³/mol. The third-order valence-electron chi connectivity index (χ3n) is 5.21. The summed E-state index contributed by atoms with van der Waals surface area (Å²) >= 11 is 0. The largest absolute Gasteiger partial charge is 0.249 e. The molecule has 5 aliphatic heterocycles. The third kappa shape index (κ3) is 4.01. The number of hydrogen-bond donors (Lipinski definition) is 0. The fourth-order valence-corrected chi connectivity index (χ4v) is 3.53. The van der Waals surface area contributed by atoms with Crippen LogP contribution in [0.2, 0.25) is 0 Å². The van der Waals surface area contributed by atoms with Crippen molar-refractivity contribution in [2.24, 2.45) is 25.9 Å². The first kappa shape index (κ1) is 19.5. The fraction of sp³-hybridized carbons (Fsp3) is 0.167. The first-order chi connectivity index (χ1) is 13.7. The summed E-state index contributed by atoms with van der Waals surface area (Å²) in [6.45, 7) is 4.44. The summed E-state index contributed by atoms with van der Waals surface area (Å²) in [4.78, 5) is 18.9. The molecule has 0 radical (unpaired) electrons. The molecule has 0 fully saturated rings. The van der Waals surface area contributed by atoms with Gasteiger partial charge in [0.15, 0.2) is 0 Å². The van der Waals surface area contributed by atoms with Gasteiger partial charge in [-0.3, -0.25) is 0 Å². The van der Waals surface area contributed by atoms with E-state index in [1.165, 1.54) is 5.57 Å². The fourth-order valence-electron chi connectivity index (χ4n) is 3.53. The molecule has 8 bridgehead atoms. The summed E-state index contributed by atoms with van der Waals surface area (Å²) in [6.07, 6.45) is 23.4. The zero-order chi connectivity index (χ0) is 19.1. The summed E-state index contributed by atoms with van der Waals surface area (Å²) in [5.74, 6) is 0.437. The van der Waals surface area contributed by atoms with Gasteiger partial charge < -0.3 is 0 Å². The Morgan fingerprint density at radius 1 is 0.621 bits per heavy atom. The monoisotopic (exact) mass is 428 g/mol. The maximum Gasteiger partial charge on any atom is 0.0693 e. The second kappa shape index (κ2) is 7.92. The Hall–Kier alpha value is -2.78. The van der Waals surface area contributed by atoms with Crippen LogP contribution in [0.3, 0.4) is 0 Å². The number of fused-ring (bicyclic) bond motifs is 4. The summed E-state index contributed by atoms with van der Waals surface area (Å²) in [6, 6.07) is 0. The average Bonchev–Trinajstić information content (AvgIpc) is 3.45. The van der Waals surface area contributed by atoms with E-state index in [0.717, 1.165) is 52.1 Å². The van der Waals surface area contributed by atoms with E-state index in [-0.39, 0.29) is 19.5 Å². The molecule has 29 heavy (non-hydrogen) atoms. The van der Waals surface area contributed by atoms with Crippen molar-refractivity contribution in [3.63, 3.8) is 0 Å². The van der Waals surface area contributed by atoms with Crippen LogP contribution in [-0.4, -0.2) is 22.8 Å². The molecule has 0 spiro atoms. The molecule has 0 N–H and O–H groups in total. The molecule has 0 aromatic rings. The van der Waals surface area contributed by atoms with Crippen molar-refractivity contribution in [2.45, 2.75) is 20.3 Å². The molecule has 0 saturated heterocycles. The molecule has 0 saturated carbocycles. The van der Waals surface area contributed by atoms with Gasteiger partial charge >= 0.3 is 0 Å². The van der Waals surface area contributed by atoms with E-state index in [0.29, 0.717) is 5.92 Å². The summed E-state index contributed by atoms with van der Waals surface area (Å²) < 4.78 is 0. The van der Waals surface area contributed by atoms with Gasteiger partial charge in [-0.15, -0.1) is 0 Å². The molecule has 4 nitrogen and oxygen atoms in total. The maximum atomic E-state index is 4.86. The topological polar surface area (TPSA) is 49.4 Å². The van der Waals surface area contributed by atoms with Crippen molar-refractivity contribution in [3.8, 4) is 0 Å². The van der Waals surface area contributed by atoms with E-state index in [1.54, 1.807) is 0 Å². The normalized spacial score (nSPS) is 21.9. The molecule has 5 rings (SSSR count). The van der Waals surface area contributed by atoms with Crippen LogP contribution in [0.1, 0.15) is 20.3 Å². The zero-order valence-electron chi connectivity index (χ0n) is 16.6. The van der Waals surface area contributed by atoms with Gasteiger partial charge in [0, 0.05) is 19.5 Å². The van der Waals surface area contributed by atoms with E-state index in [1.807, 2.05) is 54.7 Å². The van der Waals surface area contributed by atoms with Crippen molar-refractivity contribution < 1.29 is 19.5 Å². The number of rotatable bonds is 2. The van der Waals surface area contributed by atoms with Crippen LogP contribution in [0.4, 0.5) is 0 Å². The van der Waals surface area contributed by atoms with Crippen LogP contribution in [-0.2, 0) is 19.5 Å². The molecule has 0 aliphatic carbocycles. The van der Waals surface area contributed by atoms with Gasteiger partial charge in [-0.25, -0.2) is 20.0 Å². The second-order valence-corrected chi connectivity index (χ2v) is 7.29. The van der Waals surface area contributed by atoms with Gasteiger partial charge in [0.1, 0.15) is 0 Å².